The van der Waals surface area contributed by atoms with Crippen LogP contribution in [0.15, 0.2) is 72.8 Å². The molecule has 5 heteroatoms. The molecule has 4 aromatic rings. The van der Waals surface area contributed by atoms with E-state index in [0.717, 1.165) is 62.0 Å². The number of Topliss-reactive ketones (excluding diaryl/α,β-unsaturated/α-hetero) is 1. The third kappa shape index (κ3) is 4.56. The fraction of sp³-hybridized carbons (Fsp3) is 0.321. The molecule has 1 saturated heterocycles. The second-order valence-corrected chi connectivity index (χ2v) is 9.05. The second-order valence-electron chi connectivity index (χ2n) is 9.05. The van der Waals surface area contributed by atoms with Gasteiger partial charge in [-0.2, -0.15) is 0 Å². The van der Waals surface area contributed by atoms with Crippen molar-refractivity contribution in [2.45, 2.75) is 38.3 Å². The zero-order chi connectivity index (χ0) is 22.1. The summed E-state index contributed by atoms with van der Waals surface area (Å²) in [4.78, 5) is 14.4. The van der Waals surface area contributed by atoms with Crippen LogP contribution in [0, 0.1) is 0 Å². The average Bonchev–Trinajstić information content (AvgIpc) is 3.14. The van der Waals surface area contributed by atoms with Crippen LogP contribution in [0.25, 0.3) is 21.8 Å². The molecule has 33 heavy (non-hydrogen) atoms. The first-order chi connectivity index (χ1) is 15.5. The summed E-state index contributed by atoms with van der Waals surface area (Å²) in [5.74, 6) is 0.101. The lowest BCUT2D eigenvalue weighted by Crippen LogP contribution is -2.43. The quantitative estimate of drug-likeness (QED) is 0.369. The van der Waals surface area contributed by atoms with Crippen LogP contribution in [0.2, 0.25) is 0 Å². The molecular weight excluding hydrogens is 432 g/mol. The first kappa shape index (κ1) is 23.5. The van der Waals surface area contributed by atoms with Crippen LogP contribution in [0.5, 0.6) is 0 Å². The van der Waals surface area contributed by atoms with Crippen molar-refractivity contribution in [3.8, 4) is 0 Å². The van der Waals surface area contributed by atoms with Crippen molar-refractivity contribution in [1.82, 2.24) is 9.47 Å². The molecule has 0 radical (unpaired) electrons. The Morgan fingerprint density at radius 1 is 0.879 bits per heavy atom. The van der Waals surface area contributed by atoms with E-state index >= 15 is 0 Å². The van der Waals surface area contributed by atoms with Crippen LogP contribution in [-0.2, 0) is 12.1 Å². The topological polar surface area (TPSA) is 45.5 Å². The number of aliphatic hydroxyl groups is 1. The van der Waals surface area contributed by atoms with Crippen molar-refractivity contribution in [2.75, 3.05) is 19.6 Å². The van der Waals surface area contributed by atoms with Gasteiger partial charge in [0.1, 0.15) is 0 Å². The average molecular weight is 463 g/mol. The maximum atomic E-state index is 11.9. The first-order valence-electron chi connectivity index (χ1n) is 11.6. The largest absolute Gasteiger partial charge is 0.385 e. The maximum Gasteiger partial charge on any atom is 0.159 e. The van der Waals surface area contributed by atoms with Crippen molar-refractivity contribution in [3.63, 3.8) is 0 Å². The number of carbonyl (C=O) groups is 1. The third-order valence-corrected chi connectivity index (χ3v) is 7.03. The molecule has 0 saturated carbocycles. The molecule has 1 aliphatic rings. The number of hydrogen-bond acceptors (Lipinski definition) is 3. The highest BCUT2D eigenvalue weighted by atomic mass is 35.5. The lowest BCUT2D eigenvalue weighted by atomic mass is 9.84. The van der Waals surface area contributed by atoms with Gasteiger partial charge in [0, 0.05) is 47.0 Å². The molecule has 4 nitrogen and oxygen atoms in total. The van der Waals surface area contributed by atoms with Gasteiger partial charge in [0.05, 0.1) is 5.60 Å². The lowest BCUT2D eigenvalue weighted by molar-refractivity contribution is -0.0261. The second kappa shape index (κ2) is 9.68. The first-order valence-corrected chi connectivity index (χ1v) is 11.6. The number of piperidine rings is 1. The highest BCUT2D eigenvalue weighted by Crippen LogP contribution is 2.33. The summed E-state index contributed by atoms with van der Waals surface area (Å²) < 4.78 is 2.39. The van der Waals surface area contributed by atoms with Crippen molar-refractivity contribution < 1.29 is 9.90 Å². The zero-order valence-corrected chi connectivity index (χ0v) is 19.9. The van der Waals surface area contributed by atoms with Gasteiger partial charge in [0.15, 0.2) is 5.78 Å². The van der Waals surface area contributed by atoms with Gasteiger partial charge in [-0.1, -0.05) is 48.5 Å². The molecule has 2 heterocycles. The van der Waals surface area contributed by atoms with Crippen LogP contribution < -0.4 is 0 Å². The molecule has 5 rings (SSSR count). The van der Waals surface area contributed by atoms with E-state index < -0.39 is 5.60 Å². The summed E-state index contributed by atoms with van der Waals surface area (Å²) in [5.41, 5.74) is 3.52. The highest BCUT2D eigenvalue weighted by Gasteiger charge is 2.33. The van der Waals surface area contributed by atoms with E-state index in [4.69, 9.17) is 0 Å². The van der Waals surface area contributed by atoms with Gasteiger partial charge in [-0.15, -0.1) is 12.4 Å². The molecule has 0 atom stereocenters. The van der Waals surface area contributed by atoms with E-state index in [1.807, 2.05) is 42.5 Å². The number of para-hydroxylation sites is 1. The van der Waals surface area contributed by atoms with Gasteiger partial charge < -0.3 is 14.6 Å². The normalized spacial score (nSPS) is 16.1. The predicted octanol–water partition coefficient (Wildman–Crippen LogP) is 5.79. The van der Waals surface area contributed by atoms with Crippen LogP contribution in [-0.4, -0.2) is 40.0 Å². The minimum Gasteiger partial charge on any atom is -0.385 e. The number of ketones is 1. The van der Waals surface area contributed by atoms with E-state index in [0.29, 0.717) is 0 Å². The molecule has 1 aliphatic heterocycles. The number of halogens is 1. The molecule has 0 aliphatic carbocycles. The van der Waals surface area contributed by atoms with Gasteiger partial charge in [0.25, 0.3) is 0 Å². The number of carbonyl (C=O) groups excluding carboxylic acids is 1. The Balaban J connectivity index is 0.00000259. The number of rotatable bonds is 6. The lowest BCUT2D eigenvalue weighted by Gasteiger charge is -2.38. The fourth-order valence-electron chi connectivity index (χ4n) is 5.15. The standard InChI is InChI=1S/C28H30N2O2.ClH/c1-21(31)22-12-13-27-25(20-22)24-10-5-6-11-26(24)30(27)17-7-16-29-18-14-28(32,15-19-29)23-8-3-2-4-9-23;/h2-6,8-13,20,32H,7,14-19H2,1H3;1H. The SMILES string of the molecule is CC(=O)c1ccc2c(c1)c1ccccc1n2CCCN1CCC(O)(c2ccccc2)CC1.Cl. The summed E-state index contributed by atoms with van der Waals surface area (Å²) >= 11 is 0. The number of fused-ring (bicyclic) bond motifs is 3. The Kier molecular flexibility index (Phi) is 6.89. The molecule has 3 aromatic carbocycles. The third-order valence-electron chi connectivity index (χ3n) is 7.03. The van der Waals surface area contributed by atoms with Crippen molar-refractivity contribution in [3.05, 3.63) is 83.9 Å². The van der Waals surface area contributed by atoms with Crippen molar-refractivity contribution in [2.24, 2.45) is 0 Å². The van der Waals surface area contributed by atoms with Crippen LogP contribution >= 0.6 is 12.4 Å². The molecule has 1 fully saturated rings. The Morgan fingerprint density at radius 2 is 1.55 bits per heavy atom. The summed E-state index contributed by atoms with van der Waals surface area (Å²) in [6.07, 6.45) is 2.60. The van der Waals surface area contributed by atoms with Crippen LogP contribution in [0.3, 0.4) is 0 Å². The summed E-state index contributed by atoms with van der Waals surface area (Å²) in [6.45, 7) is 5.41. The monoisotopic (exact) mass is 462 g/mol. The predicted molar refractivity (Wildman–Crippen MR) is 137 cm³/mol. The smallest absolute Gasteiger partial charge is 0.159 e. The minimum atomic E-state index is -0.695. The molecular formula is C28H31ClN2O2. The molecule has 1 N–H and O–H groups in total. The highest BCUT2D eigenvalue weighted by molar-refractivity contribution is 6.10. The molecule has 0 unspecified atom stereocenters. The van der Waals surface area contributed by atoms with E-state index in [2.05, 4.69) is 39.8 Å². The number of benzene rings is 3. The molecule has 0 spiro atoms. The number of aryl methyl sites for hydroxylation is 1. The van der Waals surface area contributed by atoms with E-state index in [1.165, 1.54) is 16.4 Å². The summed E-state index contributed by atoms with van der Waals surface area (Å²) in [5, 5.41) is 13.4. The Bertz CT molecular complexity index is 1260. The number of likely N-dealkylation sites (tertiary alicyclic amines) is 1. The van der Waals surface area contributed by atoms with Crippen LogP contribution in [0.4, 0.5) is 0 Å². The zero-order valence-electron chi connectivity index (χ0n) is 19.0. The van der Waals surface area contributed by atoms with Gasteiger partial charge in [0.2, 0.25) is 0 Å². The minimum absolute atomic E-state index is 0. The maximum absolute atomic E-state index is 11.9. The van der Waals surface area contributed by atoms with Gasteiger partial charge in [-0.25, -0.2) is 0 Å². The Hall–Kier alpha value is -2.66. The summed E-state index contributed by atoms with van der Waals surface area (Å²) in [6, 6.07) is 24.6. The Labute approximate surface area is 201 Å². The van der Waals surface area contributed by atoms with Gasteiger partial charge >= 0.3 is 0 Å². The van der Waals surface area contributed by atoms with Gasteiger partial charge in [-0.3, -0.25) is 4.79 Å². The number of nitrogens with zero attached hydrogens (tertiary/aromatic N) is 2. The molecule has 0 bridgehead atoms. The van der Waals surface area contributed by atoms with E-state index in [-0.39, 0.29) is 18.2 Å². The van der Waals surface area contributed by atoms with E-state index in [1.54, 1.807) is 6.92 Å². The number of aromatic nitrogens is 1. The van der Waals surface area contributed by atoms with Crippen molar-refractivity contribution in [1.29, 1.82) is 0 Å². The van der Waals surface area contributed by atoms with Crippen LogP contribution in [0.1, 0.15) is 42.1 Å². The molecule has 1 aromatic heterocycles. The molecule has 172 valence electrons. The fourth-order valence-corrected chi connectivity index (χ4v) is 5.15. The Morgan fingerprint density at radius 3 is 2.27 bits per heavy atom. The van der Waals surface area contributed by atoms with E-state index in [9.17, 15) is 9.90 Å². The summed E-state index contributed by atoms with van der Waals surface area (Å²) in [7, 11) is 0. The number of hydrogen-bond donors (Lipinski definition) is 1. The molecule has 0 amide bonds. The van der Waals surface area contributed by atoms with Crippen molar-refractivity contribution >= 4 is 40.0 Å². The van der Waals surface area contributed by atoms with Gasteiger partial charge in [-0.05, 0) is 62.6 Å².